The first-order valence-electron chi connectivity index (χ1n) is 7.42. The highest BCUT2D eigenvalue weighted by Crippen LogP contribution is 2.32. The van der Waals surface area contributed by atoms with E-state index in [1.54, 1.807) is 13.8 Å². The van der Waals surface area contributed by atoms with Crippen LogP contribution in [0.25, 0.3) is 0 Å². The van der Waals surface area contributed by atoms with Crippen LogP contribution in [0.15, 0.2) is 0 Å². The molecule has 4 amide bonds. The Hall–Kier alpha value is -1.47. The number of barbiturate groups is 1. The minimum absolute atomic E-state index is 0.185. The number of rotatable bonds is 4. The molecule has 2 aliphatic rings. The number of hydrogen-bond donors (Lipinski definition) is 1. The van der Waals surface area contributed by atoms with Crippen LogP contribution in [0.4, 0.5) is 4.79 Å². The molecule has 7 nitrogen and oxygen atoms in total. The van der Waals surface area contributed by atoms with Gasteiger partial charge >= 0.3 is 6.03 Å². The molecule has 1 atom stereocenters. The Bertz CT molecular complexity index is 448. The fourth-order valence-corrected chi connectivity index (χ4v) is 2.95. The van der Waals surface area contributed by atoms with Gasteiger partial charge in [0.1, 0.15) is 5.41 Å². The predicted octanol–water partition coefficient (Wildman–Crippen LogP) is 0.202. The highest BCUT2D eigenvalue weighted by atomic mass is 16.5. The fourth-order valence-electron chi connectivity index (χ4n) is 2.95. The molecule has 7 heteroatoms. The number of ether oxygens (including phenoxy) is 1. The Labute approximate surface area is 124 Å². The van der Waals surface area contributed by atoms with Crippen molar-refractivity contribution < 1.29 is 19.1 Å². The zero-order valence-corrected chi connectivity index (χ0v) is 12.8. The van der Waals surface area contributed by atoms with Crippen LogP contribution < -0.4 is 5.32 Å². The number of nitrogens with zero attached hydrogens (tertiary/aromatic N) is 2. The van der Waals surface area contributed by atoms with Gasteiger partial charge < -0.3 is 9.64 Å². The summed E-state index contributed by atoms with van der Waals surface area (Å²) in [6.45, 7) is 5.85. The van der Waals surface area contributed by atoms with Gasteiger partial charge in [0.15, 0.2) is 0 Å². The van der Waals surface area contributed by atoms with E-state index >= 15 is 0 Å². The molecule has 118 valence electrons. The van der Waals surface area contributed by atoms with Crippen LogP contribution >= 0.6 is 0 Å². The minimum Gasteiger partial charge on any atom is -0.374 e. The van der Waals surface area contributed by atoms with Crippen molar-refractivity contribution in [2.45, 2.75) is 32.8 Å². The van der Waals surface area contributed by atoms with Gasteiger partial charge in [0.05, 0.1) is 19.3 Å². The number of amides is 4. The van der Waals surface area contributed by atoms with Crippen molar-refractivity contribution >= 4 is 17.8 Å². The molecule has 0 aromatic carbocycles. The Morgan fingerprint density at radius 2 is 1.95 bits per heavy atom. The van der Waals surface area contributed by atoms with E-state index in [0.717, 1.165) is 11.4 Å². The first-order chi connectivity index (χ1) is 9.94. The van der Waals surface area contributed by atoms with Gasteiger partial charge in [-0.25, -0.2) is 4.79 Å². The van der Waals surface area contributed by atoms with E-state index < -0.39 is 23.3 Å². The van der Waals surface area contributed by atoms with Crippen LogP contribution in [0.1, 0.15) is 26.7 Å². The van der Waals surface area contributed by atoms with Crippen LogP contribution in [0.2, 0.25) is 0 Å². The Balaban J connectivity index is 2.16. The Morgan fingerprint density at radius 1 is 1.29 bits per heavy atom. The van der Waals surface area contributed by atoms with E-state index in [4.69, 9.17) is 4.74 Å². The molecular formula is C14H23N3O4. The molecule has 2 fully saturated rings. The molecule has 1 N–H and O–H groups in total. The number of carbonyl (C=O) groups is 3. The summed E-state index contributed by atoms with van der Waals surface area (Å²) in [5, 5.41) is 2.31. The van der Waals surface area contributed by atoms with Crippen molar-refractivity contribution in [3.05, 3.63) is 0 Å². The molecule has 2 aliphatic heterocycles. The van der Waals surface area contributed by atoms with Gasteiger partial charge in [0.25, 0.3) is 0 Å². The maximum absolute atomic E-state index is 12.7. The summed E-state index contributed by atoms with van der Waals surface area (Å²) in [5.74, 6) is -0.890. The summed E-state index contributed by atoms with van der Waals surface area (Å²) in [7, 11) is 1.97. The summed E-state index contributed by atoms with van der Waals surface area (Å²) in [6.07, 6.45) is 0.547. The second-order valence-corrected chi connectivity index (χ2v) is 5.72. The van der Waals surface area contributed by atoms with Crippen molar-refractivity contribution in [1.29, 1.82) is 0 Å². The number of urea groups is 1. The van der Waals surface area contributed by atoms with Crippen LogP contribution in [0.5, 0.6) is 0 Å². The van der Waals surface area contributed by atoms with Crippen LogP contribution in [0, 0.1) is 5.41 Å². The molecule has 0 aliphatic carbocycles. The van der Waals surface area contributed by atoms with Crippen LogP contribution in [-0.4, -0.2) is 67.0 Å². The average molecular weight is 297 g/mol. The van der Waals surface area contributed by atoms with Gasteiger partial charge in [-0.2, -0.15) is 0 Å². The molecule has 21 heavy (non-hydrogen) atoms. The number of carbonyl (C=O) groups excluding carboxylic acids is 3. The second-order valence-electron chi connectivity index (χ2n) is 5.72. The summed E-state index contributed by atoms with van der Waals surface area (Å²) in [6, 6.07) is -0.639. The molecule has 1 unspecified atom stereocenters. The van der Waals surface area contributed by atoms with Crippen LogP contribution in [0.3, 0.4) is 0 Å². The number of imide groups is 2. The van der Waals surface area contributed by atoms with Crippen molar-refractivity contribution in [2.75, 3.05) is 33.3 Å². The Kier molecular flexibility index (Phi) is 4.63. The highest BCUT2D eigenvalue weighted by molar-refractivity contribution is 6.19. The first kappa shape index (κ1) is 15.9. The van der Waals surface area contributed by atoms with Gasteiger partial charge in [-0.15, -0.1) is 0 Å². The van der Waals surface area contributed by atoms with E-state index in [1.807, 2.05) is 7.05 Å². The lowest BCUT2D eigenvalue weighted by Crippen LogP contribution is -2.65. The zero-order chi connectivity index (χ0) is 15.6. The van der Waals surface area contributed by atoms with E-state index in [-0.39, 0.29) is 12.6 Å². The van der Waals surface area contributed by atoms with Crippen molar-refractivity contribution in [3.8, 4) is 0 Å². The van der Waals surface area contributed by atoms with Crippen LogP contribution in [-0.2, 0) is 14.3 Å². The number of morpholine rings is 1. The lowest BCUT2D eigenvalue weighted by molar-refractivity contribution is -0.154. The second kappa shape index (κ2) is 6.11. The molecule has 0 aromatic rings. The molecule has 0 radical (unpaired) electrons. The van der Waals surface area contributed by atoms with Gasteiger partial charge in [-0.1, -0.05) is 13.8 Å². The predicted molar refractivity (Wildman–Crippen MR) is 75.5 cm³/mol. The monoisotopic (exact) mass is 297 g/mol. The third-order valence-electron chi connectivity index (χ3n) is 4.49. The van der Waals surface area contributed by atoms with Gasteiger partial charge in [0, 0.05) is 13.1 Å². The van der Waals surface area contributed by atoms with E-state index in [1.165, 1.54) is 0 Å². The molecule has 0 spiro atoms. The lowest BCUT2D eigenvalue weighted by atomic mass is 9.78. The third kappa shape index (κ3) is 2.80. The highest BCUT2D eigenvalue weighted by Gasteiger charge is 2.51. The van der Waals surface area contributed by atoms with Crippen molar-refractivity contribution in [1.82, 2.24) is 15.1 Å². The smallest absolute Gasteiger partial charge is 0.330 e. The lowest BCUT2D eigenvalue weighted by Gasteiger charge is -2.40. The maximum Gasteiger partial charge on any atom is 0.330 e. The standard InChI is InChI=1S/C14H23N3O4/c1-4-14(5-2)11(18)15-13(20)17(12(14)19)9-10-8-16(3)6-7-21-10/h10H,4-9H2,1-3H3,(H,15,18,20). The molecule has 2 rings (SSSR count). The summed E-state index contributed by atoms with van der Waals surface area (Å²) >= 11 is 0. The quantitative estimate of drug-likeness (QED) is 0.750. The molecule has 2 saturated heterocycles. The minimum atomic E-state index is -1.13. The van der Waals surface area contributed by atoms with Gasteiger partial charge in [-0.05, 0) is 19.9 Å². The summed E-state index contributed by atoms with van der Waals surface area (Å²) in [5.41, 5.74) is -1.13. The molecular weight excluding hydrogens is 274 g/mol. The topological polar surface area (TPSA) is 79.0 Å². The number of nitrogens with one attached hydrogen (secondary N) is 1. The SMILES string of the molecule is CCC1(CC)C(=O)NC(=O)N(CC2CN(C)CCO2)C1=O. The zero-order valence-electron chi connectivity index (χ0n) is 12.8. The van der Waals surface area contributed by atoms with E-state index in [0.29, 0.717) is 26.0 Å². The van der Waals surface area contributed by atoms with Crippen molar-refractivity contribution in [3.63, 3.8) is 0 Å². The van der Waals surface area contributed by atoms with Gasteiger partial charge in [-0.3, -0.25) is 19.8 Å². The van der Waals surface area contributed by atoms with Gasteiger partial charge in [0.2, 0.25) is 11.8 Å². The first-order valence-corrected chi connectivity index (χ1v) is 7.42. The normalized spacial score (nSPS) is 26.9. The van der Waals surface area contributed by atoms with Crippen molar-refractivity contribution in [2.24, 2.45) is 5.41 Å². The number of likely N-dealkylation sites (N-methyl/N-ethyl adjacent to an activating group) is 1. The largest absolute Gasteiger partial charge is 0.374 e. The summed E-state index contributed by atoms with van der Waals surface area (Å²) in [4.78, 5) is 40.0. The molecule has 0 saturated carbocycles. The maximum atomic E-state index is 12.7. The molecule has 0 aromatic heterocycles. The summed E-state index contributed by atoms with van der Waals surface area (Å²) < 4.78 is 5.61. The fraction of sp³-hybridized carbons (Fsp3) is 0.786. The van der Waals surface area contributed by atoms with E-state index in [9.17, 15) is 14.4 Å². The number of hydrogen-bond acceptors (Lipinski definition) is 5. The molecule has 2 heterocycles. The third-order valence-corrected chi connectivity index (χ3v) is 4.49. The average Bonchev–Trinajstić information content (AvgIpc) is 2.45. The van der Waals surface area contributed by atoms with E-state index in [2.05, 4.69) is 10.2 Å². The Morgan fingerprint density at radius 3 is 2.52 bits per heavy atom. The molecule has 0 bridgehead atoms.